The Bertz CT molecular complexity index is 924. The van der Waals surface area contributed by atoms with Gasteiger partial charge in [-0.2, -0.15) is 0 Å². The maximum Gasteiger partial charge on any atom is 0.152 e. The Morgan fingerprint density at radius 3 is 2.25 bits per heavy atom. The predicted molar refractivity (Wildman–Crippen MR) is 103 cm³/mol. The zero-order valence-electron chi connectivity index (χ0n) is 12.9. The van der Waals surface area contributed by atoms with Crippen molar-refractivity contribution in [3.63, 3.8) is 0 Å². The van der Waals surface area contributed by atoms with E-state index in [1.54, 1.807) is 34.0 Å². The first kappa shape index (κ1) is 15.5. The molecule has 0 N–H and O–H groups in total. The third-order valence-electron chi connectivity index (χ3n) is 3.43. The number of thiophene rings is 1. The molecule has 24 heavy (non-hydrogen) atoms. The lowest BCUT2D eigenvalue weighted by molar-refractivity contribution is 0.340. The van der Waals surface area contributed by atoms with Crippen LogP contribution in [0.4, 0.5) is 0 Å². The van der Waals surface area contributed by atoms with Crippen LogP contribution < -0.4 is 4.74 Å². The lowest BCUT2D eigenvalue weighted by Crippen LogP contribution is -1.90. The molecular weight excluding hydrogens is 356 g/mol. The number of nitrogens with zero attached hydrogens (tertiary/aromatic N) is 2. The molecule has 0 amide bonds. The molecule has 0 unspecified atom stereocenters. The molecule has 0 aliphatic rings. The Morgan fingerprint density at radius 1 is 0.875 bits per heavy atom. The standard InChI is InChI=1S/C18H14N2OS3/c1-2-21-13-7-5-12(6-8-13)14-10-23-17(19-14)18-20-15(11-24-18)16-4-3-9-22-16/h3-11H,2H2,1H3. The van der Waals surface area contributed by atoms with Gasteiger partial charge in [0.05, 0.1) is 22.9 Å². The van der Waals surface area contributed by atoms with Gasteiger partial charge in [-0.15, -0.1) is 34.0 Å². The Kier molecular flexibility index (Phi) is 4.42. The van der Waals surface area contributed by atoms with Crippen LogP contribution in [0.15, 0.2) is 52.5 Å². The summed E-state index contributed by atoms with van der Waals surface area (Å²) < 4.78 is 5.48. The summed E-state index contributed by atoms with van der Waals surface area (Å²) in [6, 6.07) is 12.2. The van der Waals surface area contributed by atoms with E-state index in [9.17, 15) is 0 Å². The van der Waals surface area contributed by atoms with Gasteiger partial charge in [0, 0.05) is 16.3 Å². The van der Waals surface area contributed by atoms with Crippen molar-refractivity contribution in [2.75, 3.05) is 6.61 Å². The summed E-state index contributed by atoms with van der Waals surface area (Å²) in [4.78, 5) is 10.7. The van der Waals surface area contributed by atoms with Crippen molar-refractivity contribution in [3.8, 4) is 37.6 Å². The molecule has 0 radical (unpaired) electrons. The molecule has 3 nitrogen and oxygen atoms in total. The molecule has 4 aromatic rings. The number of aromatic nitrogens is 2. The summed E-state index contributed by atoms with van der Waals surface area (Å²) >= 11 is 4.98. The number of thiazole rings is 2. The average Bonchev–Trinajstić information content (AvgIpc) is 3.35. The Morgan fingerprint density at radius 2 is 1.58 bits per heavy atom. The van der Waals surface area contributed by atoms with Crippen LogP contribution >= 0.6 is 34.0 Å². The van der Waals surface area contributed by atoms with Gasteiger partial charge in [-0.3, -0.25) is 0 Å². The summed E-state index contributed by atoms with van der Waals surface area (Å²) in [7, 11) is 0. The second-order valence-corrected chi connectivity index (χ2v) is 7.67. The van der Waals surface area contributed by atoms with E-state index in [1.165, 1.54) is 4.88 Å². The minimum Gasteiger partial charge on any atom is -0.494 e. The van der Waals surface area contributed by atoms with E-state index >= 15 is 0 Å². The van der Waals surface area contributed by atoms with E-state index in [4.69, 9.17) is 14.7 Å². The van der Waals surface area contributed by atoms with Crippen molar-refractivity contribution < 1.29 is 4.74 Å². The van der Waals surface area contributed by atoms with Crippen molar-refractivity contribution in [1.82, 2.24) is 9.97 Å². The second-order valence-electron chi connectivity index (χ2n) is 5.01. The highest BCUT2D eigenvalue weighted by Crippen LogP contribution is 2.34. The fourth-order valence-corrected chi connectivity index (χ4v) is 4.76. The van der Waals surface area contributed by atoms with Crippen LogP contribution in [0.1, 0.15) is 6.92 Å². The normalized spacial score (nSPS) is 10.9. The van der Waals surface area contributed by atoms with Crippen molar-refractivity contribution in [2.24, 2.45) is 0 Å². The van der Waals surface area contributed by atoms with Gasteiger partial charge in [0.1, 0.15) is 5.75 Å². The highest BCUT2D eigenvalue weighted by atomic mass is 32.1. The van der Waals surface area contributed by atoms with Gasteiger partial charge in [-0.1, -0.05) is 6.07 Å². The Labute approximate surface area is 152 Å². The quantitative estimate of drug-likeness (QED) is 0.428. The van der Waals surface area contributed by atoms with E-state index in [1.807, 2.05) is 37.3 Å². The van der Waals surface area contributed by atoms with Crippen LogP contribution in [0.3, 0.4) is 0 Å². The van der Waals surface area contributed by atoms with Gasteiger partial charge >= 0.3 is 0 Å². The van der Waals surface area contributed by atoms with Crippen molar-refractivity contribution in [3.05, 3.63) is 52.5 Å². The largest absolute Gasteiger partial charge is 0.494 e. The molecule has 120 valence electrons. The van der Waals surface area contributed by atoms with E-state index < -0.39 is 0 Å². The first-order chi connectivity index (χ1) is 11.8. The van der Waals surface area contributed by atoms with E-state index in [-0.39, 0.29) is 0 Å². The lowest BCUT2D eigenvalue weighted by Gasteiger charge is -2.03. The first-order valence-electron chi connectivity index (χ1n) is 7.52. The summed E-state index contributed by atoms with van der Waals surface area (Å²) in [5.74, 6) is 0.886. The molecule has 1 aromatic carbocycles. The zero-order chi connectivity index (χ0) is 16.4. The molecule has 3 aromatic heterocycles. The monoisotopic (exact) mass is 370 g/mol. The molecule has 0 saturated carbocycles. The molecule has 0 aliphatic carbocycles. The van der Waals surface area contributed by atoms with Crippen LogP contribution in [-0.2, 0) is 0 Å². The minimum absolute atomic E-state index is 0.677. The van der Waals surface area contributed by atoms with Gasteiger partial charge in [-0.25, -0.2) is 9.97 Å². The summed E-state index contributed by atoms with van der Waals surface area (Å²) in [6.45, 7) is 2.66. The highest BCUT2D eigenvalue weighted by molar-refractivity contribution is 7.20. The Hall–Kier alpha value is -2.02. The second kappa shape index (κ2) is 6.84. The minimum atomic E-state index is 0.677. The number of hydrogen-bond donors (Lipinski definition) is 0. The molecule has 0 saturated heterocycles. The fourth-order valence-electron chi connectivity index (χ4n) is 2.30. The molecule has 0 atom stereocenters. The van der Waals surface area contributed by atoms with Crippen LogP contribution in [-0.4, -0.2) is 16.6 Å². The Balaban J connectivity index is 1.58. The molecule has 3 heterocycles. The number of benzene rings is 1. The summed E-state index contributed by atoms with van der Waals surface area (Å²) in [5.41, 5.74) is 3.10. The average molecular weight is 371 g/mol. The van der Waals surface area contributed by atoms with E-state index in [2.05, 4.69) is 22.2 Å². The molecular formula is C18H14N2OS3. The molecule has 4 rings (SSSR count). The molecule has 0 spiro atoms. The fraction of sp³-hybridized carbons (Fsp3) is 0.111. The van der Waals surface area contributed by atoms with Gasteiger partial charge in [0.25, 0.3) is 0 Å². The molecule has 0 aliphatic heterocycles. The van der Waals surface area contributed by atoms with Crippen LogP contribution in [0.25, 0.3) is 31.8 Å². The zero-order valence-corrected chi connectivity index (χ0v) is 15.4. The van der Waals surface area contributed by atoms with Gasteiger partial charge < -0.3 is 4.74 Å². The van der Waals surface area contributed by atoms with Gasteiger partial charge in [-0.05, 0) is 42.6 Å². The maximum absolute atomic E-state index is 5.48. The topological polar surface area (TPSA) is 35.0 Å². The van der Waals surface area contributed by atoms with Gasteiger partial charge in [0.2, 0.25) is 0 Å². The van der Waals surface area contributed by atoms with Crippen LogP contribution in [0.2, 0.25) is 0 Å². The molecule has 0 bridgehead atoms. The van der Waals surface area contributed by atoms with Crippen LogP contribution in [0.5, 0.6) is 5.75 Å². The van der Waals surface area contributed by atoms with E-state index in [0.29, 0.717) is 6.61 Å². The van der Waals surface area contributed by atoms with Gasteiger partial charge in [0.15, 0.2) is 10.0 Å². The third kappa shape index (κ3) is 3.13. The van der Waals surface area contributed by atoms with Crippen LogP contribution in [0, 0.1) is 0 Å². The summed E-state index contributed by atoms with van der Waals surface area (Å²) in [5, 5.41) is 8.19. The van der Waals surface area contributed by atoms with Crippen molar-refractivity contribution in [2.45, 2.75) is 6.92 Å². The predicted octanol–water partition coefficient (Wildman–Crippen LogP) is 6.06. The molecule has 6 heteroatoms. The molecule has 0 fully saturated rings. The number of rotatable bonds is 5. The van der Waals surface area contributed by atoms with Crippen molar-refractivity contribution >= 4 is 34.0 Å². The first-order valence-corrected chi connectivity index (χ1v) is 10.2. The third-order valence-corrected chi connectivity index (χ3v) is 6.15. The SMILES string of the molecule is CCOc1ccc(-c2csc(-c3nc(-c4cccs4)cs3)n2)cc1. The number of hydrogen-bond acceptors (Lipinski definition) is 6. The highest BCUT2D eigenvalue weighted by Gasteiger charge is 2.12. The number of ether oxygens (including phenoxy) is 1. The van der Waals surface area contributed by atoms with Crippen molar-refractivity contribution in [1.29, 1.82) is 0 Å². The summed E-state index contributed by atoms with van der Waals surface area (Å²) in [6.07, 6.45) is 0. The van der Waals surface area contributed by atoms with E-state index in [0.717, 1.165) is 32.7 Å². The smallest absolute Gasteiger partial charge is 0.152 e. The maximum atomic E-state index is 5.48. The lowest BCUT2D eigenvalue weighted by atomic mass is 10.2.